The summed E-state index contributed by atoms with van der Waals surface area (Å²) in [6.07, 6.45) is 6.28. The molecule has 1 aliphatic rings. The van der Waals surface area contributed by atoms with Gasteiger partial charge in [-0.15, -0.1) is 0 Å². The molecule has 0 bridgehead atoms. The molecule has 1 N–H and O–H groups in total. The van der Waals surface area contributed by atoms with Crippen LogP contribution in [-0.2, 0) is 21.8 Å². The number of sulfone groups is 1. The first-order valence-electron chi connectivity index (χ1n) is 10.1. The van der Waals surface area contributed by atoms with Crippen molar-refractivity contribution in [1.29, 1.82) is 0 Å². The Morgan fingerprint density at radius 1 is 1.10 bits per heavy atom. The molecule has 0 spiro atoms. The Labute approximate surface area is 181 Å². The number of nitrogens with zero attached hydrogens (tertiary/aromatic N) is 1. The lowest BCUT2D eigenvalue weighted by atomic mass is 9.94. The number of allylic oxidation sites excluding steroid dienone is 1. The molecular formula is C24H24N2O4S. The van der Waals surface area contributed by atoms with Crippen LogP contribution in [0.2, 0.25) is 0 Å². The average molecular weight is 437 g/mol. The van der Waals surface area contributed by atoms with Crippen LogP contribution in [0.25, 0.3) is 17.0 Å². The quantitative estimate of drug-likeness (QED) is 0.676. The van der Waals surface area contributed by atoms with E-state index in [0.717, 1.165) is 12.7 Å². The second kappa shape index (κ2) is 7.50. The van der Waals surface area contributed by atoms with E-state index in [9.17, 15) is 18.0 Å². The van der Waals surface area contributed by atoms with Crippen LogP contribution >= 0.6 is 0 Å². The Morgan fingerprint density at radius 2 is 1.84 bits per heavy atom. The third-order valence-corrected chi connectivity index (χ3v) is 6.77. The van der Waals surface area contributed by atoms with Crippen molar-refractivity contribution in [2.45, 2.75) is 37.1 Å². The second-order valence-electron chi connectivity index (χ2n) is 8.34. The van der Waals surface area contributed by atoms with Crippen molar-refractivity contribution in [3.8, 4) is 0 Å². The van der Waals surface area contributed by atoms with Gasteiger partial charge in [0.25, 0.3) is 0 Å². The minimum absolute atomic E-state index is 0.0425. The lowest BCUT2D eigenvalue weighted by Crippen LogP contribution is -2.44. The Balaban J connectivity index is 1.82. The van der Waals surface area contributed by atoms with E-state index in [0.29, 0.717) is 34.1 Å². The third-order valence-electron chi connectivity index (χ3n) is 5.66. The number of para-hydroxylation sites is 1. The maximum Gasteiger partial charge on any atom is 0.327 e. The molecule has 0 radical (unpaired) electrons. The van der Waals surface area contributed by atoms with Gasteiger partial charge in [0.1, 0.15) is 0 Å². The van der Waals surface area contributed by atoms with Crippen LogP contribution in [-0.4, -0.2) is 25.3 Å². The van der Waals surface area contributed by atoms with Gasteiger partial charge in [-0.05, 0) is 62.6 Å². The number of pyridine rings is 1. The summed E-state index contributed by atoms with van der Waals surface area (Å²) < 4.78 is 25.5. The first kappa shape index (κ1) is 21.1. The maximum absolute atomic E-state index is 13.5. The van der Waals surface area contributed by atoms with E-state index in [1.165, 1.54) is 6.07 Å². The molecule has 0 aliphatic heterocycles. The highest BCUT2D eigenvalue weighted by atomic mass is 32.2. The Kier molecular flexibility index (Phi) is 5.09. The van der Waals surface area contributed by atoms with Gasteiger partial charge in [-0.1, -0.05) is 30.3 Å². The molecule has 2 aromatic carbocycles. The molecule has 0 saturated carbocycles. The lowest BCUT2D eigenvalue weighted by molar-refractivity contribution is 0.232. The number of nitrogens with one attached hydrogen (secondary N) is 1. The average Bonchev–Trinajstić information content (AvgIpc) is 2.73. The van der Waals surface area contributed by atoms with Crippen LogP contribution in [0.4, 0.5) is 4.79 Å². The summed E-state index contributed by atoms with van der Waals surface area (Å²) in [5.41, 5.74) is 1.53. The molecule has 1 aliphatic carbocycles. The van der Waals surface area contributed by atoms with E-state index in [4.69, 9.17) is 0 Å². The van der Waals surface area contributed by atoms with Gasteiger partial charge in [-0.25, -0.2) is 13.2 Å². The molecule has 160 valence electrons. The standard InChI is InChI=1S/C24H24N2O4S/c1-24(2,16-9-8-10-17(15-16)31(3,29)30)25-23(28)26-20-13-6-4-11-18(20)22(27)19-12-5-7-14-21(19)26/h4,6-11,13-15H,5,12H2,1-3H3,(H,25,28). The fourth-order valence-electron chi connectivity index (χ4n) is 3.97. The van der Waals surface area contributed by atoms with Crippen molar-refractivity contribution in [3.05, 3.63) is 81.7 Å². The molecule has 3 aromatic rings. The van der Waals surface area contributed by atoms with Crippen LogP contribution < -0.4 is 10.7 Å². The van der Waals surface area contributed by atoms with Crippen LogP contribution in [0.5, 0.6) is 0 Å². The Morgan fingerprint density at radius 3 is 2.58 bits per heavy atom. The summed E-state index contributed by atoms with van der Waals surface area (Å²) in [5.74, 6) is 0. The summed E-state index contributed by atoms with van der Waals surface area (Å²) >= 11 is 0. The van der Waals surface area contributed by atoms with Crippen LogP contribution in [0.1, 0.15) is 37.1 Å². The van der Waals surface area contributed by atoms with Gasteiger partial charge in [0, 0.05) is 17.2 Å². The van der Waals surface area contributed by atoms with Gasteiger partial charge >= 0.3 is 6.03 Å². The number of carbonyl (C=O) groups is 1. The molecule has 1 aromatic heterocycles. The zero-order chi connectivity index (χ0) is 22.4. The van der Waals surface area contributed by atoms with E-state index >= 15 is 0 Å². The first-order chi connectivity index (χ1) is 14.6. The second-order valence-corrected chi connectivity index (χ2v) is 10.4. The first-order valence-corrected chi connectivity index (χ1v) is 11.9. The normalized spacial score (nSPS) is 13.8. The number of carbonyl (C=O) groups excluding carboxylic acids is 1. The highest BCUT2D eigenvalue weighted by Gasteiger charge is 2.27. The fraction of sp³-hybridized carbons (Fsp3) is 0.250. The molecule has 0 fully saturated rings. The molecule has 7 heteroatoms. The molecule has 6 nitrogen and oxygen atoms in total. The van der Waals surface area contributed by atoms with Gasteiger partial charge in [0.2, 0.25) is 0 Å². The van der Waals surface area contributed by atoms with Crippen LogP contribution in [0.3, 0.4) is 0 Å². The van der Waals surface area contributed by atoms with E-state index < -0.39 is 15.4 Å². The molecule has 0 unspecified atom stereocenters. The number of fused-ring (bicyclic) bond motifs is 2. The van der Waals surface area contributed by atoms with Crippen LogP contribution in [0, 0.1) is 0 Å². The highest BCUT2D eigenvalue weighted by molar-refractivity contribution is 7.90. The van der Waals surface area contributed by atoms with Crippen molar-refractivity contribution in [3.63, 3.8) is 0 Å². The summed E-state index contributed by atoms with van der Waals surface area (Å²) in [4.78, 5) is 26.7. The van der Waals surface area contributed by atoms with Gasteiger partial charge in [-0.2, -0.15) is 0 Å². The van der Waals surface area contributed by atoms with E-state index in [1.807, 2.05) is 26.0 Å². The number of hydrogen-bond donors (Lipinski definition) is 1. The molecular weight excluding hydrogens is 412 g/mol. The number of rotatable bonds is 3. The largest absolute Gasteiger partial charge is 0.328 e. The summed E-state index contributed by atoms with van der Waals surface area (Å²) in [6, 6.07) is 13.3. The highest BCUT2D eigenvalue weighted by Crippen LogP contribution is 2.26. The topological polar surface area (TPSA) is 85.2 Å². The fourth-order valence-corrected chi connectivity index (χ4v) is 4.64. The number of benzene rings is 2. The molecule has 0 saturated heterocycles. The smallest absolute Gasteiger partial charge is 0.327 e. The zero-order valence-electron chi connectivity index (χ0n) is 17.7. The molecule has 0 atom stereocenters. The molecule has 1 heterocycles. The number of hydrogen-bond acceptors (Lipinski definition) is 4. The van der Waals surface area contributed by atoms with Gasteiger partial charge in [-0.3, -0.25) is 9.36 Å². The van der Waals surface area contributed by atoms with E-state index in [1.54, 1.807) is 47.0 Å². The van der Waals surface area contributed by atoms with Gasteiger partial charge < -0.3 is 5.32 Å². The minimum atomic E-state index is -3.37. The minimum Gasteiger partial charge on any atom is -0.328 e. The SMILES string of the molecule is CC(C)(NC(=O)n1c2c(c(=O)c3ccccc31)CCC=C2)c1cccc(S(C)(=O)=O)c1. The monoisotopic (exact) mass is 436 g/mol. The van der Waals surface area contributed by atoms with Crippen LogP contribution in [0.15, 0.2) is 64.3 Å². The molecule has 31 heavy (non-hydrogen) atoms. The predicted octanol–water partition coefficient (Wildman–Crippen LogP) is 3.86. The van der Waals surface area contributed by atoms with E-state index in [2.05, 4.69) is 5.32 Å². The van der Waals surface area contributed by atoms with Crippen molar-refractivity contribution >= 4 is 32.8 Å². The predicted molar refractivity (Wildman–Crippen MR) is 122 cm³/mol. The zero-order valence-corrected chi connectivity index (χ0v) is 18.5. The maximum atomic E-state index is 13.5. The lowest BCUT2D eigenvalue weighted by Gasteiger charge is -2.29. The van der Waals surface area contributed by atoms with Crippen molar-refractivity contribution < 1.29 is 13.2 Å². The Bertz CT molecular complexity index is 1400. The number of amides is 1. The summed E-state index contributed by atoms with van der Waals surface area (Å²) in [6.45, 7) is 3.64. The Hall–Kier alpha value is -3.19. The molecule has 4 rings (SSSR count). The van der Waals surface area contributed by atoms with Gasteiger partial charge in [0.15, 0.2) is 15.3 Å². The van der Waals surface area contributed by atoms with E-state index in [-0.39, 0.29) is 16.4 Å². The molecule has 1 amide bonds. The van der Waals surface area contributed by atoms with Crippen molar-refractivity contribution in [2.24, 2.45) is 0 Å². The number of aromatic nitrogens is 1. The summed E-state index contributed by atoms with van der Waals surface area (Å²) in [5, 5.41) is 3.53. The summed E-state index contributed by atoms with van der Waals surface area (Å²) in [7, 11) is -3.37. The van der Waals surface area contributed by atoms with Crippen molar-refractivity contribution in [1.82, 2.24) is 9.88 Å². The van der Waals surface area contributed by atoms with Crippen molar-refractivity contribution in [2.75, 3.05) is 6.26 Å². The van der Waals surface area contributed by atoms with Gasteiger partial charge in [0.05, 0.1) is 21.6 Å². The third kappa shape index (κ3) is 3.81.